The van der Waals surface area contributed by atoms with Crippen molar-refractivity contribution in [2.24, 2.45) is 0 Å². The van der Waals surface area contributed by atoms with Gasteiger partial charge in [-0.05, 0) is 50.9 Å². The van der Waals surface area contributed by atoms with Gasteiger partial charge in [0.2, 0.25) is 10.0 Å². The molecule has 2 fully saturated rings. The predicted molar refractivity (Wildman–Crippen MR) is 107 cm³/mol. The lowest BCUT2D eigenvalue weighted by Crippen LogP contribution is -2.38. The normalized spacial score (nSPS) is 20.0. The molecule has 3 heterocycles. The quantitative estimate of drug-likeness (QED) is 0.567. The number of nitro benzene ring substituents is 1. The molecule has 2 aliphatic rings. The van der Waals surface area contributed by atoms with E-state index in [-0.39, 0.29) is 16.5 Å². The van der Waals surface area contributed by atoms with Crippen LogP contribution >= 0.6 is 0 Å². The van der Waals surface area contributed by atoms with Crippen molar-refractivity contribution in [2.45, 2.75) is 42.4 Å². The van der Waals surface area contributed by atoms with Crippen LogP contribution in [0.1, 0.15) is 48.9 Å². The first-order chi connectivity index (χ1) is 14.0. The second-order valence-corrected chi connectivity index (χ2v) is 9.58. The first kappa shape index (κ1) is 20.0. The Morgan fingerprint density at radius 3 is 2.45 bits per heavy atom. The van der Waals surface area contributed by atoms with Gasteiger partial charge in [0.1, 0.15) is 0 Å². The molecular formula is C19H25N5O4S. The second-order valence-electron chi connectivity index (χ2n) is 7.68. The summed E-state index contributed by atoms with van der Waals surface area (Å²) in [6, 6.07) is 7.65. The first-order valence-corrected chi connectivity index (χ1v) is 11.4. The van der Waals surface area contributed by atoms with Gasteiger partial charge in [-0.1, -0.05) is 12.1 Å². The molecule has 1 aromatic heterocycles. The van der Waals surface area contributed by atoms with Crippen molar-refractivity contribution in [3.63, 3.8) is 0 Å². The highest BCUT2D eigenvalue weighted by Crippen LogP contribution is 2.34. The number of sulfonamides is 1. The number of H-pyrrole nitrogens is 1. The fourth-order valence-electron chi connectivity index (χ4n) is 4.26. The number of aromatic amines is 1. The molecule has 4 rings (SSSR count). The van der Waals surface area contributed by atoms with E-state index in [1.165, 1.54) is 28.6 Å². The highest BCUT2D eigenvalue weighted by atomic mass is 32.2. The minimum Gasteiger partial charge on any atom is -0.317 e. The van der Waals surface area contributed by atoms with Crippen molar-refractivity contribution in [1.29, 1.82) is 0 Å². The summed E-state index contributed by atoms with van der Waals surface area (Å²) in [4.78, 5) is 10.3. The number of nitrogens with one attached hydrogen (secondary N) is 2. The highest BCUT2D eigenvalue weighted by Gasteiger charge is 2.34. The molecule has 0 radical (unpaired) electrons. The molecule has 0 bridgehead atoms. The molecule has 0 saturated carbocycles. The number of benzene rings is 1. The fourth-order valence-corrected chi connectivity index (χ4v) is 5.89. The highest BCUT2D eigenvalue weighted by molar-refractivity contribution is 7.89. The molecule has 2 N–H and O–H groups in total. The van der Waals surface area contributed by atoms with Crippen LogP contribution in [-0.2, 0) is 10.0 Å². The van der Waals surface area contributed by atoms with Gasteiger partial charge < -0.3 is 5.32 Å². The van der Waals surface area contributed by atoms with Crippen molar-refractivity contribution in [3.05, 3.63) is 51.8 Å². The van der Waals surface area contributed by atoms with Crippen LogP contribution in [0.4, 0.5) is 5.69 Å². The summed E-state index contributed by atoms with van der Waals surface area (Å²) in [5.74, 6) is 0.690. The molecule has 0 spiro atoms. The molecular weight excluding hydrogens is 394 g/mol. The van der Waals surface area contributed by atoms with E-state index in [1.54, 1.807) is 0 Å². The van der Waals surface area contributed by atoms with Gasteiger partial charge >= 0.3 is 0 Å². The van der Waals surface area contributed by atoms with Crippen molar-refractivity contribution >= 4 is 15.7 Å². The van der Waals surface area contributed by atoms with Crippen LogP contribution in [0.2, 0.25) is 0 Å². The average molecular weight is 420 g/mol. The summed E-state index contributed by atoms with van der Waals surface area (Å²) < 4.78 is 27.3. The van der Waals surface area contributed by atoms with Crippen molar-refractivity contribution in [2.75, 3.05) is 26.2 Å². The molecule has 0 atom stereocenters. The largest absolute Gasteiger partial charge is 0.317 e. The van der Waals surface area contributed by atoms with Gasteiger partial charge in [0.05, 0.1) is 10.6 Å². The van der Waals surface area contributed by atoms with Gasteiger partial charge in [0.15, 0.2) is 4.90 Å². The van der Waals surface area contributed by atoms with Crippen LogP contribution in [0.3, 0.4) is 0 Å². The zero-order valence-corrected chi connectivity index (χ0v) is 16.9. The van der Waals surface area contributed by atoms with Crippen LogP contribution in [0.15, 0.2) is 35.2 Å². The zero-order valence-electron chi connectivity index (χ0n) is 16.1. The maximum Gasteiger partial charge on any atom is 0.289 e. The Balaban J connectivity index is 1.44. The van der Waals surface area contributed by atoms with E-state index in [1.807, 2.05) is 0 Å². The molecule has 10 heteroatoms. The Kier molecular flexibility index (Phi) is 5.66. The molecule has 1 aromatic carbocycles. The van der Waals surface area contributed by atoms with Crippen LogP contribution in [0.25, 0.3) is 0 Å². The lowest BCUT2D eigenvalue weighted by atomic mass is 9.91. The fraction of sp³-hybridized carbons (Fsp3) is 0.526. The summed E-state index contributed by atoms with van der Waals surface area (Å²) in [6.45, 7) is 2.69. The van der Waals surface area contributed by atoms with Crippen molar-refractivity contribution in [3.8, 4) is 0 Å². The predicted octanol–water partition coefficient (Wildman–Crippen LogP) is 2.35. The molecule has 9 nitrogen and oxygen atoms in total. The SMILES string of the molecule is O=[N+]([O-])c1ccccc1S(=O)(=O)N1CCC(c2cc(C3CCNCC3)n[nH]2)CC1. The molecule has 0 amide bonds. The van der Waals surface area contributed by atoms with E-state index in [0.29, 0.717) is 31.8 Å². The van der Waals surface area contributed by atoms with Crippen molar-refractivity contribution < 1.29 is 13.3 Å². The third-order valence-corrected chi connectivity index (χ3v) is 7.89. The van der Waals surface area contributed by atoms with Gasteiger partial charge in [0, 0.05) is 36.7 Å². The van der Waals surface area contributed by atoms with E-state index in [4.69, 9.17) is 0 Å². The Hall–Kier alpha value is -2.30. The second kappa shape index (κ2) is 8.21. The summed E-state index contributed by atoms with van der Waals surface area (Å²) in [6.07, 6.45) is 3.48. The van der Waals surface area contributed by atoms with Gasteiger partial charge in [-0.2, -0.15) is 9.40 Å². The minimum atomic E-state index is -3.90. The number of nitro groups is 1. The first-order valence-electron chi connectivity index (χ1n) is 9.96. The summed E-state index contributed by atoms with van der Waals surface area (Å²) in [7, 11) is -3.90. The van der Waals surface area contributed by atoms with Crippen LogP contribution < -0.4 is 5.32 Å². The van der Waals surface area contributed by atoms with Gasteiger partial charge in [-0.15, -0.1) is 0 Å². The van der Waals surface area contributed by atoms with Crippen molar-refractivity contribution in [1.82, 2.24) is 19.8 Å². The molecule has 0 aliphatic carbocycles. The van der Waals surface area contributed by atoms with Crippen LogP contribution in [0, 0.1) is 10.1 Å². The van der Waals surface area contributed by atoms with E-state index in [0.717, 1.165) is 37.3 Å². The third-order valence-electron chi connectivity index (χ3n) is 5.95. The van der Waals surface area contributed by atoms with E-state index < -0.39 is 14.9 Å². The van der Waals surface area contributed by atoms with Gasteiger partial charge in [-0.25, -0.2) is 8.42 Å². The number of hydrogen-bond acceptors (Lipinski definition) is 6. The molecule has 156 valence electrons. The summed E-state index contributed by atoms with van der Waals surface area (Å²) in [5, 5.41) is 22.2. The van der Waals surface area contributed by atoms with Crippen LogP contribution in [-0.4, -0.2) is 54.0 Å². The van der Waals surface area contributed by atoms with Crippen LogP contribution in [0.5, 0.6) is 0 Å². The monoisotopic (exact) mass is 419 g/mol. The summed E-state index contributed by atoms with van der Waals surface area (Å²) >= 11 is 0. The standard InChI is InChI=1S/C19H25N5O4S/c25-24(26)18-3-1-2-4-19(18)29(27,28)23-11-7-15(8-12-23)17-13-16(21-22-17)14-5-9-20-10-6-14/h1-4,13-15,20H,5-12H2,(H,21,22). The Bertz CT molecular complexity index is 976. The van der Waals surface area contributed by atoms with E-state index in [9.17, 15) is 18.5 Å². The number of para-hydroxylation sites is 1. The smallest absolute Gasteiger partial charge is 0.289 e. The number of hydrogen-bond donors (Lipinski definition) is 2. The Morgan fingerprint density at radius 1 is 1.07 bits per heavy atom. The maximum absolute atomic E-state index is 13.0. The Morgan fingerprint density at radius 2 is 1.76 bits per heavy atom. The van der Waals surface area contributed by atoms with Gasteiger partial charge in [0.25, 0.3) is 5.69 Å². The lowest BCUT2D eigenvalue weighted by Gasteiger charge is -2.30. The molecule has 2 saturated heterocycles. The summed E-state index contributed by atoms with van der Waals surface area (Å²) in [5.41, 5.74) is 1.77. The van der Waals surface area contributed by atoms with E-state index in [2.05, 4.69) is 21.6 Å². The zero-order chi connectivity index (χ0) is 20.4. The Labute approximate surface area is 169 Å². The lowest BCUT2D eigenvalue weighted by molar-refractivity contribution is -0.387. The molecule has 2 aromatic rings. The molecule has 0 unspecified atom stereocenters. The average Bonchev–Trinajstić information content (AvgIpc) is 3.25. The number of piperidine rings is 2. The molecule has 2 aliphatic heterocycles. The number of aromatic nitrogens is 2. The maximum atomic E-state index is 13.0. The third kappa shape index (κ3) is 4.05. The van der Waals surface area contributed by atoms with Gasteiger partial charge in [-0.3, -0.25) is 15.2 Å². The van der Waals surface area contributed by atoms with E-state index >= 15 is 0 Å². The number of nitrogens with zero attached hydrogens (tertiary/aromatic N) is 3. The molecule has 29 heavy (non-hydrogen) atoms. The number of rotatable bonds is 5. The topological polar surface area (TPSA) is 121 Å². The minimum absolute atomic E-state index is 0.218.